The van der Waals surface area contributed by atoms with Crippen LogP contribution in [0.1, 0.15) is 23.0 Å². The van der Waals surface area contributed by atoms with Crippen LogP contribution >= 0.6 is 0 Å². The fourth-order valence-electron chi connectivity index (χ4n) is 1.51. The summed E-state index contributed by atoms with van der Waals surface area (Å²) in [5, 5.41) is 0. The van der Waals surface area contributed by atoms with Gasteiger partial charge in [-0.25, -0.2) is 4.98 Å². The molecule has 0 atom stereocenters. The van der Waals surface area contributed by atoms with Gasteiger partial charge in [-0.2, -0.15) is 0 Å². The summed E-state index contributed by atoms with van der Waals surface area (Å²) < 4.78 is 5.50. The molecule has 0 aliphatic rings. The van der Waals surface area contributed by atoms with Crippen LogP contribution in [-0.4, -0.2) is 22.4 Å². The zero-order valence-corrected chi connectivity index (χ0v) is 10.2. The maximum absolute atomic E-state index is 11.2. The molecule has 0 unspecified atom stereocenters. The molecule has 18 heavy (non-hydrogen) atoms. The van der Waals surface area contributed by atoms with Crippen LogP contribution < -0.4 is 4.74 Å². The molecule has 0 aromatic carbocycles. The molecule has 0 aliphatic carbocycles. The van der Waals surface area contributed by atoms with Crippen molar-refractivity contribution >= 4 is 5.78 Å². The fraction of sp³-hybridized carbons (Fsp3) is 0.214. The van der Waals surface area contributed by atoms with Crippen molar-refractivity contribution in [3.05, 3.63) is 54.0 Å². The molecule has 0 N–H and O–H groups in total. The molecular weight excluding hydrogens is 228 g/mol. The molecule has 0 amide bonds. The summed E-state index contributed by atoms with van der Waals surface area (Å²) in [4.78, 5) is 19.5. The molecular formula is C14H14N2O2. The molecule has 0 bridgehead atoms. The van der Waals surface area contributed by atoms with Crippen LogP contribution in [0.2, 0.25) is 0 Å². The topological polar surface area (TPSA) is 52.1 Å². The van der Waals surface area contributed by atoms with E-state index >= 15 is 0 Å². The second-order valence-corrected chi connectivity index (χ2v) is 3.86. The van der Waals surface area contributed by atoms with Gasteiger partial charge in [0.25, 0.3) is 0 Å². The van der Waals surface area contributed by atoms with E-state index in [4.69, 9.17) is 4.74 Å². The van der Waals surface area contributed by atoms with Crippen LogP contribution in [0.15, 0.2) is 42.7 Å². The van der Waals surface area contributed by atoms with Crippen molar-refractivity contribution in [2.24, 2.45) is 0 Å². The monoisotopic (exact) mass is 242 g/mol. The number of carbonyl (C=O) groups is 1. The van der Waals surface area contributed by atoms with Gasteiger partial charge in [-0.3, -0.25) is 9.78 Å². The summed E-state index contributed by atoms with van der Waals surface area (Å²) in [5.74, 6) is 0.477. The molecule has 4 heteroatoms. The number of rotatable bonds is 5. The maximum atomic E-state index is 11.2. The summed E-state index contributed by atoms with van der Waals surface area (Å²) in [7, 11) is 0. The lowest BCUT2D eigenvalue weighted by atomic mass is 10.2. The standard InChI is InChI=1S/C14H14N2O2/c1-11(17)12-5-8-16-14(10-12)18-9-6-13-4-2-3-7-15-13/h2-5,7-8,10H,6,9H2,1H3. The van der Waals surface area contributed by atoms with Gasteiger partial charge in [0.2, 0.25) is 5.88 Å². The summed E-state index contributed by atoms with van der Waals surface area (Å²) in [6.07, 6.45) is 4.05. The molecule has 0 fully saturated rings. The minimum absolute atomic E-state index is 0.00646. The van der Waals surface area contributed by atoms with E-state index in [-0.39, 0.29) is 5.78 Å². The van der Waals surface area contributed by atoms with Crippen LogP contribution in [-0.2, 0) is 6.42 Å². The Morgan fingerprint density at radius 2 is 2.11 bits per heavy atom. The smallest absolute Gasteiger partial charge is 0.213 e. The molecule has 2 heterocycles. The number of nitrogens with zero attached hydrogens (tertiary/aromatic N) is 2. The molecule has 92 valence electrons. The normalized spacial score (nSPS) is 10.1. The lowest BCUT2D eigenvalue weighted by Gasteiger charge is -2.05. The SMILES string of the molecule is CC(=O)c1ccnc(OCCc2ccccn2)c1. The first-order valence-electron chi connectivity index (χ1n) is 5.75. The van der Waals surface area contributed by atoms with Gasteiger partial charge in [0, 0.05) is 36.1 Å². The second-order valence-electron chi connectivity index (χ2n) is 3.86. The van der Waals surface area contributed by atoms with Gasteiger partial charge in [-0.1, -0.05) is 6.07 Å². The highest BCUT2D eigenvalue weighted by Gasteiger charge is 2.02. The molecule has 4 nitrogen and oxygen atoms in total. The van der Waals surface area contributed by atoms with Gasteiger partial charge in [-0.15, -0.1) is 0 Å². The van der Waals surface area contributed by atoms with Crippen LogP contribution in [0.5, 0.6) is 5.88 Å². The van der Waals surface area contributed by atoms with E-state index in [2.05, 4.69) is 9.97 Å². The van der Waals surface area contributed by atoms with Crippen molar-refractivity contribution in [3.8, 4) is 5.88 Å². The van der Waals surface area contributed by atoms with E-state index in [9.17, 15) is 4.79 Å². The van der Waals surface area contributed by atoms with Crippen molar-refractivity contribution < 1.29 is 9.53 Å². The number of hydrogen-bond donors (Lipinski definition) is 0. The molecule has 0 saturated carbocycles. The number of Topliss-reactive ketones (excluding diaryl/α,β-unsaturated/α-hetero) is 1. The number of hydrogen-bond acceptors (Lipinski definition) is 4. The average Bonchev–Trinajstić information content (AvgIpc) is 2.40. The van der Waals surface area contributed by atoms with Gasteiger partial charge in [-0.05, 0) is 25.1 Å². The highest BCUT2D eigenvalue weighted by Crippen LogP contribution is 2.10. The Morgan fingerprint density at radius 3 is 2.83 bits per heavy atom. The minimum atomic E-state index is 0.00646. The van der Waals surface area contributed by atoms with E-state index in [1.54, 1.807) is 24.5 Å². The number of ketones is 1. The molecule has 0 saturated heterocycles. The van der Waals surface area contributed by atoms with Gasteiger partial charge in [0.05, 0.1) is 6.61 Å². The number of carbonyl (C=O) groups excluding carboxylic acids is 1. The first kappa shape index (κ1) is 12.2. The lowest BCUT2D eigenvalue weighted by Crippen LogP contribution is -2.04. The number of aromatic nitrogens is 2. The maximum Gasteiger partial charge on any atom is 0.213 e. The van der Waals surface area contributed by atoms with Gasteiger partial charge >= 0.3 is 0 Å². The lowest BCUT2D eigenvalue weighted by molar-refractivity contribution is 0.101. The third kappa shape index (κ3) is 3.38. The highest BCUT2D eigenvalue weighted by molar-refractivity contribution is 5.94. The molecule has 0 radical (unpaired) electrons. The zero-order chi connectivity index (χ0) is 12.8. The first-order chi connectivity index (χ1) is 8.75. The summed E-state index contributed by atoms with van der Waals surface area (Å²) in [6, 6.07) is 9.09. The average molecular weight is 242 g/mol. The Balaban J connectivity index is 1.90. The summed E-state index contributed by atoms with van der Waals surface area (Å²) >= 11 is 0. The Bertz CT molecular complexity index is 526. The minimum Gasteiger partial charge on any atom is -0.477 e. The van der Waals surface area contributed by atoms with Crippen molar-refractivity contribution in [2.75, 3.05) is 6.61 Å². The van der Waals surface area contributed by atoms with Crippen LogP contribution in [0.4, 0.5) is 0 Å². The van der Waals surface area contributed by atoms with Crippen LogP contribution in [0.3, 0.4) is 0 Å². The van der Waals surface area contributed by atoms with E-state index in [1.807, 2.05) is 18.2 Å². The van der Waals surface area contributed by atoms with E-state index < -0.39 is 0 Å². The molecule has 0 spiro atoms. The Hall–Kier alpha value is -2.23. The van der Waals surface area contributed by atoms with E-state index in [0.29, 0.717) is 24.5 Å². The first-order valence-corrected chi connectivity index (χ1v) is 5.75. The Labute approximate surface area is 106 Å². The fourth-order valence-corrected chi connectivity index (χ4v) is 1.51. The predicted molar refractivity (Wildman–Crippen MR) is 67.7 cm³/mol. The molecule has 2 aromatic heterocycles. The summed E-state index contributed by atoms with van der Waals surface area (Å²) in [5.41, 5.74) is 1.58. The highest BCUT2D eigenvalue weighted by atomic mass is 16.5. The van der Waals surface area contributed by atoms with Crippen molar-refractivity contribution in [3.63, 3.8) is 0 Å². The quantitative estimate of drug-likeness (QED) is 0.755. The van der Waals surface area contributed by atoms with E-state index in [0.717, 1.165) is 5.69 Å². The molecule has 2 aromatic rings. The predicted octanol–water partition coefficient (Wildman–Crippen LogP) is 2.30. The molecule has 2 rings (SSSR count). The summed E-state index contributed by atoms with van der Waals surface area (Å²) in [6.45, 7) is 2.01. The van der Waals surface area contributed by atoms with E-state index in [1.165, 1.54) is 6.92 Å². The van der Waals surface area contributed by atoms with Crippen molar-refractivity contribution in [2.45, 2.75) is 13.3 Å². The molecule has 0 aliphatic heterocycles. The Morgan fingerprint density at radius 1 is 1.22 bits per heavy atom. The largest absolute Gasteiger partial charge is 0.477 e. The van der Waals surface area contributed by atoms with Crippen LogP contribution in [0, 0.1) is 0 Å². The van der Waals surface area contributed by atoms with Crippen LogP contribution in [0.25, 0.3) is 0 Å². The third-order valence-electron chi connectivity index (χ3n) is 2.48. The Kier molecular flexibility index (Phi) is 4.02. The number of ether oxygens (including phenoxy) is 1. The van der Waals surface area contributed by atoms with Gasteiger partial charge in [0.1, 0.15) is 0 Å². The zero-order valence-electron chi connectivity index (χ0n) is 10.2. The second kappa shape index (κ2) is 5.91. The number of pyridine rings is 2. The van der Waals surface area contributed by atoms with Gasteiger partial charge in [0.15, 0.2) is 5.78 Å². The van der Waals surface area contributed by atoms with Crippen molar-refractivity contribution in [1.82, 2.24) is 9.97 Å². The van der Waals surface area contributed by atoms with Gasteiger partial charge < -0.3 is 4.74 Å². The van der Waals surface area contributed by atoms with Crippen molar-refractivity contribution in [1.29, 1.82) is 0 Å². The third-order valence-corrected chi connectivity index (χ3v) is 2.48.